The van der Waals surface area contributed by atoms with Gasteiger partial charge in [-0.25, -0.2) is 9.59 Å². The van der Waals surface area contributed by atoms with E-state index >= 15 is 0 Å². The van der Waals surface area contributed by atoms with Gasteiger partial charge in [-0.3, -0.25) is 4.98 Å². The summed E-state index contributed by atoms with van der Waals surface area (Å²) in [7, 11) is 1.27. The average Bonchev–Trinajstić information content (AvgIpc) is 2.59. The molecule has 0 atom stereocenters. The number of carbonyl (C=O) groups is 2. The van der Waals surface area contributed by atoms with Crippen LogP contribution in [-0.2, 0) is 27.1 Å². The van der Waals surface area contributed by atoms with Crippen molar-refractivity contribution in [2.24, 2.45) is 0 Å². The fourth-order valence-electron chi connectivity index (χ4n) is 3.21. The molecule has 0 amide bonds. The van der Waals surface area contributed by atoms with Crippen molar-refractivity contribution in [1.82, 2.24) is 4.98 Å². The van der Waals surface area contributed by atoms with Crippen molar-refractivity contribution >= 4 is 22.8 Å². The van der Waals surface area contributed by atoms with Crippen LogP contribution in [0.1, 0.15) is 47.3 Å². The molecule has 1 aliphatic carbocycles. The summed E-state index contributed by atoms with van der Waals surface area (Å²) in [5.74, 6) is -1.04. The van der Waals surface area contributed by atoms with Gasteiger partial charge in [0.25, 0.3) is 0 Å². The molecule has 24 heavy (non-hydrogen) atoms. The predicted octanol–water partition coefficient (Wildman–Crippen LogP) is 3.22. The molecule has 0 bridgehead atoms. The molecule has 1 aromatic carbocycles. The molecule has 0 fully saturated rings. The van der Waals surface area contributed by atoms with Crippen molar-refractivity contribution in [1.29, 1.82) is 0 Å². The van der Waals surface area contributed by atoms with Crippen LogP contribution >= 0.6 is 0 Å². The van der Waals surface area contributed by atoms with Crippen LogP contribution in [0.2, 0.25) is 0 Å². The Hall–Kier alpha value is -2.43. The highest BCUT2D eigenvalue weighted by atomic mass is 16.6. The van der Waals surface area contributed by atoms with Gasteiger partial charge in [-0.1, -0.05) is 31.0 Å². The van der Waals surface area contributed by atoms with Gasteiger partial charge in [0.2, 0.25) is 0 Å². The number of methoxy groups -OCH3 is 1. The second-order valence-electron chi connectivity index (χ2n) is 6.00. The van der Waals surface area contributed by atoms with Crippen LogP contribution in [0.4, 0.5) is 0 Å². The van der Waals surface area contributed by atoms with Gasteiger partial charge in [0.05, 0.1) is 18.2 Å². The third-order valence-corrected chi connectivity index (χ3v) is 4.42. The number of hydrogen-bond acceptors (Lipinski definition) is 5. The van der Waals surface area contributed by atoms with E-state index in [0.29, 0.717) is 5.56 Å². The summed E-state index contributed by atoms with van der Waals surface area (Å²) in [5.41, 5.74) is 3.31. The van der Waals surface area contributed by atoms with E-state index in [1.54, 1.807) is 0 Å². The smallest absolute Gasteiger partial charge is 0.344 e. The fraction of sp³-hybridized carbons (Fsp3) is 0.421. The monoisotopic (exact) mass is 327 g/mol. The van der Waals surface area contributed by atoms with Crippen molar-refractivity contribution < 1.29 is 19.1 Å². The van der Waals surface area contributed by atoms with Gasteiger partial charge in [-0.05, 0) is 37.3 Å². The van der Waals surface area contributed by atoms with Crippen molar-refractivity contribution in [2.75, 3.05) is 13.7 Å². The Morgan fingerprint density at radius 1 is 1.08 bits per heavy atom. The summed E-state index contributed by atoms with van der Waals surface area (Å²) >= 11 is 0. The maximum Gasteiger partial charge on any atom is 0.344 e. The van der Waals surface area contributed by atoms with Gasteiger partial charge >= 0.3 is 11.9 Å². The van der Waals surface area contributed by atoms with Crippen LogP contribution in [0, 0.1) is 0 Å². The van der Waals surface area contributed by atoms with Gasteiger partial charge in [0.1, 0.15) is 0 Å². The second kappa shape index (κ2) is 7.43. The first-order chi connectivity index (χ1) is 11.7. The molecule has 0 saturated heterocycles. The quantitative estimate of drug-likeness (QED) is 0.810. The highest BCUT2D eigenvalue weighted by Gasteiger charge is 2.23. The molecule has 0 radical (unpaired) electrons. The molecule has 1 aromatic heterocycles. The van der Waals surface area contributed by atoms with E-state index in [-0.39, 0.29) is 6.61 Å². The first-order valence-electron chi connectivity index (χ1n) is 8.35. The van der Waals surface area contributed by atoms with Gasteiger partial charge < -0.3 is 9.47 Å². The Bertz CT molecular complexity index is 769. The van der Waals surface area contributed by atoms with Crippen LogP contribution in [0.15, 0.2) is 24.3 Å². The average molecular weight is 327 g/mol. The third-order valence-electron chi connectivity index (χ3n) is 4.42. The molecule has 1 heterocycles. The van der Waals surface area contributed by atoms with Crippen molar-refractivity contribution in [3.8, 4) is 0 Å². The number of esters is 2. The number of ether oxygens (including phenoxy) is 2. The topological polar surface area (TPSA) is 65.5 Å². The summed E-state index contributed by atoms with van der Waals surface area (Å²) < 4.78 is 9.73. The lowest BCUT2D eigenvalue weighted by Gasteiger charge is -2.18. The molecule has 0 N–H and O–H groups in total. The zero-order valence-electron chi connectivity index (χ0n) is 13.8. The Balaban J connectivity index is 2.07. The van der Waals surface area contributed by atoms with E-state index in [4.69, 9.17) is 9.72 Å². The first kappa shape index (κ1) is 16.4. The van der Waals surface area contributed by atoms with Crippen LogP contribution in [0.5, 0.6) is 0 Å². The van der Waals surface area contributed by atoms with Crippen molar-refractivity contribution in [2.45, 2.75) is 38.5 Å². The van der Waals surface area contributed by atoms with E-state index in [2.05, 4.69) is 4.74 Å². The Morgan fingerprint density at radius 3 is 2.62 bits per heavy atom. The predicted molar refractivity (Wildman–Crippen MR) is 89.9 cm³/mol. The third kappa shape index (κ3) is 3.40. The number of fused-ring (bicyclic) bond motifs is 2. The Labute approximate surface area is 141 Å². The fourth-order valence-corrected chi connectivity index (χ4v) is 3.21. The summed E-state index contributed by atoms with van der Waals surface area (Å²) in [6.45, 7) is -0.374. The molecule has 0 spiro atoms. The highest BCUT2D eigenvalue weighted by Crippen LogP contribution is 2.28. The maximum absolute atomic E-state index is 12.7. The molecule has 1 aliphatic rings. The number of carbonyl (C=O) groups excluding carboxylic acids is 2. The molecule has 126 valence electrons. The van der Waals surface area contributed by atoms with Gasteiger partial charge in [0, 0.05) is 11.1 Å². The minimum atomic E-state index is -0.565. The molecule has 0 unspecified atom stereocenters. The van der Waals surface area contributed by atoms with E-state index in [1.807, 2.05) is 24.3 Å². The zero-order chi connectivity index (χ0) is 16.9. The zero-order valence-corrected chi connectivity index (χ0v) is 13.8. The summed E-state index contributed by atoms with van der Waals surface area (Å²) in [6, 6.07) is 7.59. The number of rotatable bonds is 3. The van der Waals surface area contributed by atoms with E-state index in [0.717, 1.165) is 54.3 Å². The summed E-state index contributed by atoms with van der Waals surface area (Å²) in [4.78, 5) is 28.8. The number of nitrogens with zero attached hydrogens (tertiary/aromatic N) is 1. The number of para-hydroxylation sites is 1. The van der Waals surface area contributed by atoms with Gasteiger partial charge in [0.15, 0.2) is 6.61 Å². The van der Waals surface area contributed by atoms with Crippen LogP contribution in [0.3, 0.4) is 0 Å². The molecule has 5 heteroatoms. The number of pyridine rings is 1. The Kier molecular flexibility index (Phi) is 5.08. The lowest BCUT2D eigenvalue weighted by Crippen LogP contribution is -2.18. The Morgan fingerprint density at radius 2 is 1.83 bits per heavy atom. The van der Waals surface area contributed by atoms with Crippen LogP contribution in [-0.4, -0.2) is 30.6 Å². The van der Waals surface area contributed by atoms with E-state index in [1.165, 1.54) is 13.5 Å². The van der Waals surface area contributed by atoms with E-state index in [9.17, 15) is 9.59 Å². The summed E-state index contributed by atoms with van der Waals surface area (Å²) in [6.07, 6.45) is 6.14. The molecule has 5 nitrogen and oxygen atoms in total. The summed E-state index contributed by atoms with van der Waals surface area (Å²) in [5, 5.41) is 0.784. The normalized spacial score (nSPS) is 14.4. The molecule has 2 aromatic rings. The molecule has 3 rings (SSSR count). The number of aryl methyl sites for hydroxylation is 1. The second-order valence-corrected chi connectivity index (χ2v) is 6.00. The lowest BCUT2D eigenvalue weighted by molar-refractivity contribution is -0.144. The molecular weight excluding hydrogens is 306 g/mol. The van der Waals surface area contributed by atoms with Crippen LogP contribution in [0.25, 0.3) is 10.9 Å². The van der Waals surface area contributed by atoms with Crippen molar-refractivity contribution in [3.05, 3.63) is 41.1 Å². The van der Waals surface area contributed by atoms with Crippen LogP contribution < -0.4 is 0 Å². The first-order valence-corrected chi connectivity index (χ1v) is 8.35. The highest BCUT2D eigenvalue weighted by molar-refractivity contribution is 6.05. The largest absolute Gasteiger partial charge is 0.466 e. The van der Waals surface area contributed by atoms with Crippen molar-refractivity contribution in [3.63, 3.8) is 0 Å². The standard InChI is InChI=1S/C19H21NO4/c1-23-17(21)12-24-19(22)18-13-8-4-2-3-5-10-15(13)20-16-11-7-6-9-14(16)18/h6-7,9,11H,2-5,8,10,12H2,1H3. The number of benzene rings is 1. The molecule has 0 saturated carbocycles. The molecule has 0 aliphatic heterocycles. The van der Waals surface area contributed by atoms with E-state index < -0.39 is 11.9 Å². The maximum atomic E-state index is 12.7. The number of hydrogen-bond donors (Lipinski definition) is 0. The SMILES string of the molecule is COC(=O)COC(=O)c1c2c(nc3ccccc13)CCCCCC2. The van der Waals surface area contributed by atoms with Gasteiger partial charge in [-0.2, -0.15) is 0 Å². The minimum Gasteiger partial charge on any atom is -0.466 e. The lowest BCUT2D eigenvalue weighted by atomic mass is 9.91. The molecular formula is C19H21NO4. The van der Waals surface area contributed by atoms with Gasteiger partial charge in [-0.15, -0.1) is 0 Å². The minimum absolute atomic E-state index is 0.374. The number of aromatic nitrogens is 1.